The monoisotopic (exact) mass is 262 g/mol. The van der Waals surface area contributed by atoms with Crippen molar-refractivity contribution in [2.75, 3.05) is 0 Å². The minimum absolute atomic E-state index is 0.0838. The van der Waals surface area contributed by atoms with Gasteiger partial charge in [0.05, 0.1) is 3.57 Å². The van der Waals surface area contributed by atoms with Crippen molar-refractivity contribution >= 4 is 28.7 Å². The predicted octanol–water partition coefficient (Wildman–Crippen LogP) is 2.35. The zero-order chi connectivity index (χ0) is 8.43. The van der Waals surface area contributed by atoms with E-state index in [9.17, 15) is 10.2 Å². The van der Waals surface area contributed by atoms with E-state index < -0.39 is 0 Å². The third-order valence-corrected chi connectivity index (χ3v) is 2.40. The van der Waals surface area contributed by atoms with Crippen LogP contribution in [0.4, 0.5) is 0 Å². The molecule has 1 aromatic carbocycles. The van der Waals surface area contributed by atoms with Gasteiger partial charge in [0, 0.05) is 0 Å². The molecule has 58 valence electrons. The summed E-state index contributed by atoms with van der Waals surface area (Å²) in [5.74, 6) is 0.168. The van der Waals surface area contributed by atoms with E-state index in [-0.39, 0.29) is 11.5 Å². The van der Waals surface area contributed by atoms with E-state index in [4.69, 9.17) is 0 Å². The molecule has 0 aliphatic rings. The van der Waals surface area contributed by atoms with Crippen LogP contribution in [0.15, 0.2) is 18.7 Å². The maximum absolute atomic E-state index is 9.20. The van der Waals surface area contributed by atoms with E-state index in [0.717, 1.165) is 0 Å². The Kier molecular flexibility index (Phi) is 2.38. The van der Waals surface area contributed by atoms with E-state index >= 15 is 0 Å². The first-order valence-electron chi connectivity index (χ1n) is 2.99. The van der Waals surface area contributed by atoms with Crippen molar-refractivity contribution in [1.82, 2.24) is 0 Å². The van der Waals surface area contributed by atoms with Crippen LogP contribution in [0.5, 0.6) is 11.5 Å². The predicted molar refractivity (Wildman–Crippen MR) is 52.6 cm³/mol. The van der Waals surface area contributed by atoms with Gasteiger partial charge in [0.2, 0.25) is 0 Å². The minimum Gasteiger partial charge on any atom is -0.507 e. The fourth-order valence-corrected chi connectivity index (χ4v) is 1.04. The number of halogens is 1. The van der Waals surface area contributed by atoms with Crippen molar-refractivity contribution in [2.45, 2.75) is 0 Å². The normalized spacial score (nSPS) is 9.55. The SMILES string of the molecule is C=Cc1cc(O)c(I)c(O)c1. The number of hydrogen-bond acceptors (Lipinski definition) is 2. The summed E-state index contributed by atoms with van der Waals surface area (Å²) in [6.07, 6.45) is 1.56. The molecular weight excluding hydrogens is 255 g/mol. The van der Waals surface area contributed by atoms with Gasteiger partial charge in [0.25, 0.3) is 0 Å². The van der Waals surface area contributed by atoms with Crippen LogP contribution >= 0.6 is 22.6 Å². The lowest BCUT2D eigenvalue weighted by Gasteiger charge is -2.01. The summed E-state index contributed by atoms with van der Waals surface area (Å²) in [5.41, 5.74) is 0.709. The number of benzene rings is 1. The zero-order valence-corrected chi connectivity index (χ0v) is 7.87. The Morgan fingerprint density at radius 3 is 2.09 bits per heavy atom. The van der Waals surface area contributed by atoms with Crippen molar-refractivity contribution in [3.05, 3.63) is 27.8 Å². The summed E-state index contributed by atoms with van der Waals surface area (Å²) in [6.45, 7) is 3.52. The molecule has 11 heavy (non-hydrogen) atoms. The van der Waals surface area contributed by atoms with Gasteiger partial charge in [-0.25, -0.2) is 0 Å². The van der Waals surface area contributed by atoms with Crippen LogP contribution in [0.2, 0.25) is 0 Å². The summed E-state index contributed by atoms with van der Waals surface area (Å²) >= 11 is 1.87. The largest absolute Gasteiger partial charge is 0.507 e. The van der Waals surface area contributed by atoms with Crippen molar-refractivity contribution in [1.29, 1.82) is 0 Å². The van der Waals surface area contributed by atoms with Crippen LogP contribution in [0, 0.1) is 3.57 Å². The van der Waals surface area contributed by atoms with E-state index in [2.05, 4.69) is 6.58 Å². The van der Waals surface area contributed by atoms with Crippen LogP contribution in [0.3, 0.4) is 0 Å². The minimum atomic E-state index is 0.0838. The van der Waals surface area contributed by atoms with Gasteiger partial charge in [-0.15, -0.1) is 0 Å². The molecule has 0 saturated carbocycles. The standard InChI is InChI=1S/C8H7IO2/c1-2-5-3-6(10)8(9)7(11)4-5/h2-4,10-11H,1H2. The van der Waals surface area contributed by atoms with Gasteiger partial charge in [-0.3, -0.25) is 0 Å². The molecule has 0 unspecified atom stereocenters. The molecule has 2 nitrogen and oxygen atoms in total. The lowest BCUT2D eigenvalue weighted by atomic mass is 10.2. The summed E-state index contributed by atoms with van der Waals surface area (Å²) in [4.78, 5) is 0. The second-order valence-corrected chi connectivity index (χ2v) is 3.16. The molecule has 2 N–H and O–H groups in total. The Labute approximate surface area is 78.3 Å². The second-order valence-electron chi connectivity index (χ2n) is 2.08. The lowest BCUT2D eigenvalue weighted by molar-refractivity contribution is 0.443. The fourth-order valence-electron chi connectivity index (χ4n) is 0.733. The Morgan fingerprint density at radius 2 is 1.73 bits per heavy atom. The molecule has 0 amide bonds. The van der Waals surface area contributed by atoms with Crippen LogP contribution in [0.1, 0.15) is 5.56 Å². The molecule has 0 radical (unpaired) electrons. The number of hydrogen-bond donors (Lipinski definition) is 2. The molecule has 1 aromatic rings. The van der Waals surface area contributed by atoms with Gasteiger partial charge in [-0.2, -0.15) is 0 Å². The van der Waals surface area contributed by atoms with E-state index in [1.807, 2.05) is 22.6 Å². The summed E-state index contributed by atoms with van der Waals surface area (Å²) in [6, 6.07) is 3.10. The van der Waals surface area contributed by atoms with Gasteiger partial charge in [0.1, 0.15) is 11.5 Å². The maximum Gasteiger partial charge on any atom is 0.133 e. The van der Waals surface area contributed by atoms with Gasteiger partial charge >= 0.3 is 0 Å². The Hall–Kier alpha value is -0.710. The first kappa shape index (κ1) is 8.39. The highest BCUT2D eigenvalue weighted by Gasteiger charge is 2.03. The van der Waals surface area contributed by atoms with Crippen LogP contribution in [-0.2, 0) is 0 Å². The molecule has 0 bridgehead atoms. The third-order valence-electron chi connectivity index (χ3n) is 1.29. The number of rotatable bonds is 1. The average Bonchev–Trinajstić information content (AvgIpc) is 1.99. The number of aromatic hydroxyl groups is 2. The molecule has 0 aromatic heterocycles. The first-order valence-corrected chi connectivity index (χ1v) is 4.07. The van der Waals surface area contributed by atoms with Crippen molar-refractivity contribution in [2.24, 2.45) is 0 Å². The van der Waals surface area contributed by atoms with Crippen LogP contribution in [-0.4, -0.2) is 10.2 Å². The Balaban J connectivity index is 3.31. The highest BCUT2D eigenvalue weighted by atomic mass is 127. The lowest BCUT2D eigenvalue weighted by Crippen LogP contribution is -1.78. The van der Waals surface area contributed by atoms with Crippen LogP contribution < -0.4 is 0 Å². The topological polar surface area (TPSA) is 40.5 Å². The first-order chi connectivity index (χ1) is 5.15. The fraction of sp³-hybridized carbons (Fsp3) is 0. The molecular formula is C8H7IO2. The number of phenols is 2. The highest BCUT2D eigenvalue weighted by molar-refractivity contribution is 14.1. The second kappa shape index (κ2) is 3.13. The van der Waals surface area contributed by atoms with Crippen LogP contribution in [0.25, 0.3) is 6.08 Å². The number of phenolic OH excluding ortho intramolecular Hbond substituents is 2. The Morgan fingerprint density at radius 1 is 1.27 bits per heavy atom. The smallest absolute Gasteiger partial charge is 0.133 e. The summed E-state index contributed by atoms with van der Waals surface area (Å²) in [5, 5.41) is 18.4. The van der Waals surface area contributed by atoms with E-state index in [0.29, 0.717) is 9.13 Å². The van der Waals surface area contributed by atoms with E-state index in [1.54, 1.807) is 18.2 Å². The molecule has 0 atom stereocenters. The summed E-state index contributed by atoms with van der Waals surface area (Å²) < 4.78 is 0.466. The van der Waals surface area contributed by atoms with Crippen molar-refractivity contribution in [3.63, 3.8) is 0 Å². The van der Waals surface area contributed by atoms with E-state index in [1.165, 1.54) is 0 Å². The highest BCUT2D eigenvalue weighted by Crippen LogP contribution is 2.30. The molecule has 0 aliphatic heterocycles. The van der Waals surface area contributed by atoms with Crippen molar-refractivity contribution in [3.8, 4) is 11.5 Å². The molecule has 0 aliphatic carbocycles. The van der Waals surface area contributed by atoms with Crippen molar-refractivity contribution < 1.29 is 10.2 Å². The zero-order valence-electron chi connectivity index (χ0n) is 5.71. The van der Waals surface area contributed by atoms with Gasteiger partial charge in [0.15, 0.2) is 0 Å². The molecule has 0 spiro atoms. The quantitative estimate of drug-likeness (QED) is 0.762. The molecule has 0 heterocycles. The molecule has 0 saturated heterocycles. The third kappa shape index (κ3) is 1.65. The van der Waals surface area contributed by atoms with Gasteiger partial charge < -0.3 is 10.2 Å². The molecule has 0 fully saturated rings. The average molecular weight is 262 g/mol. The van der Waals surface area contributed by atoms with Gasteiger partial charge in [-0.05, 0) is 40.3 Å². The Bertz CT molecular complexity index is 271. The summed E-state index contributed by atoms with van der Waals surface area (Å²) in [7, 11) is 0. The molecule has 1 rings (SSSR count). The van der Waals surface area contributed by atoms with Gasteiger partial charge in [-0.1, -0.05) is 12.7 Å². The molecule has 3 heteroatoms. The maximum atomic E-state index is 9.20.